The quantitative estimate of drug-likeness (QED) is 0.665. The highest BCUT2D eigenvalue weighted by Crippen LogP contribution is 2.22. The van der Waals surface area contributed by atoms with Crippen molar-refractivity contribution in [1.29, 1.82) is 0 Å². The molecule has 110 valence electrons. The van der Waals surface area contributed by atoms with Gasteiger partial charge in [0.1, 0.15) is 4.88 Å². The molecule has 0 saturated heterocycles. The van der Waals surface area contributed by atoms with Crippen molar-refractivity contribution >= 4 is 28.1 Å². The minimum atomic E-state index is -0.466. The van der Waals surface area contributed by atoms with E-state index in [1.807, 2.05) is 0 Å². The van der Waals surface area contributed by atoms with E-state index in [1.165, 1.54) is 12.1 Å². The first-order valence-electron chi connectivity index (χ1n) is 6.16. The van der Waals surface area contributed by atoms with Crippen LogP contribution in [0.25, 0.3) is 0 Å². The Morgan fingerprint density at radius 3 is 2.81 bits per heavy atom. The number of carbonyl (C=O) groups is 1. The van der Waals surface area contributed by atoms with E-state index in [1.54, 1.807) is 26.0 Å². The highest BCUT2D eigenvalue weighted by atomic mass is 32.1. The van der Waals surface area contributed by atoms with Gasteiger partial charge in [-0.2, -0.15) is 0 Å². The number of aryl methyl sites for hydroxylation is 1. The number of amides is 1. The van der Waals surface area contributed by atoms with Crippen LogP contribution < -0.4 is 11.1 Å². The number of benzene rings is 1. The predicted molar refractivity (Wildman–Crippen MR) is 80.2 cm³/mol. The Labute approximate surface area is 125 Å². The van der Waals surface area contributed by atoms with E-state index in [2.05, 4.69) is 10.3 Å². The smallest absolute Gasteiger partial charge is 0.269 e. The summed E-state index contributed by atoms with van der Waals surface area (Å²) >= 11 is 1.11. The Balaban J connectivity index is 2.16. The second kappa shape index (κ2) is 5.88. The summed E-state index contributed by atoms with van der Waals surface area (Å²) < 4.78 is 0. The van der Waals surface area contributed by atoms with Gasteiger partial charge in [-0.3, -0.25) is 14.9 Å². The third kappa shape index (κ3) is 3.34. The summed E-state index contributed by atoms with van der Waals surface area (Å²) in [5.74, 6) is -0.291. The van der Waals surface area contributed by atoms with Crippen molar-refractivity contribution in [2.24, 2.45) is 0 Å². The third-order valence-electron chi connectivity index (χ3n) is 2.95. The van der Waals surface area contributed by atoms with Gasteiger partial charge in [-0.05, 0) is 19.4 Å². The molecule has 0 aliphatic heterocycles. The van der Waals surface area contributed by atoms with Crippen LogP contribution in [0.3, 0.4) is 0 Å². The highest BCUT2D eigenvalue weighted by molar-refractivity contribution is 7.17. The molecule has 3 N–H and O–H groups in total. The Bertz CT molecular complexity index is 698. The molecule has 1 amide bonds. The monoisotopic (exact) mass is 306 g/mol. The summed E-state index contributed by atoms with van der Waals surface area (Å²) in [5.41, 5.74) is 6.79. The molecule has 1 aromatic carbocycles. The Morgan fingerprint density at radius 2 is 2.24 bits per heavy atom. The molecule has 0 aliphatic carbocycles. The number of anilines is 1. The number of rotatable bonds is 4. The van der Waals surface area contributed by atoms with Crippen molar-refractivity contribution in [3.8, 4) is 0 Å². The number of nitrogens with two attached hydrogens (primary N) is 1. The SMILES string of the molecule is Cc1nc(N)sc1C(=O)NC(C)c1cccc([N+](=O)[O-])c1. The van der Waals surface area contributed by atoms with Gasteiger partial charge in [-0.1, -0.05) is 23.5 Å². The fraction of sp³-hybridized carbons (Fsp3) is 0.231. The van der Waals surface area contributed by atoms with E-state index in [-0.39, 0.29) is 17.6 Å². The van der Waals surface area contributed by atoms with Gasteiger partial charge in [0.25, 0.3) is 11.6 Å². The summed E-state index contributed by atoms with van der Waals surface area (Å²) in [6.07, 6.45) is 0. The average molecular weight is 306 g/mol. The normalized spacial score (nSPS) is 11.9. The molecule has 2 aromatic rings. The lowest BCUT2D eigenvalue weighted by molar-refractivity contribution is -0.384. The maximum Gasteiger partial charge on any atom is 0.269 e. The first-order chi connectivity index (χ1) is 9.88. The Morgan fingerprint density at radius 1 is 1.52 bits per heavy atom. The number of nitrogens with zero attached hydrogens (tertiary/aromatic N) is 2. The number of hydrogen-bond acceptors (Lipinski definition) is 6. The molecule has 21 heavy (non-hydrogen) atoms. The van der Waals surface area contributed by atoms with Crippen LogP contribution in [0.2, 0.25) is 0 Å². The molecule has 1 unspecified atom stereocenters. The topological polar surface area (TPSA) is 111 Å². The van der Waals surface area contributed by atoms with Crippen LogP contribution in [0.5, 0.6) is 0 Å². The molecule has 0 saturated carbocycles. The maximum absolute atomic E-state index is 12.2. The second-order valence-electron chi connectivity index (χ2n) is 4.51. The molecule has 0 aliphatic rings. The number of aromatic nitrogens is 1. The standard InChI is InChI=1S/C13H14N4O3S/c1-7(9-4-3-5-10(6-9)17(19)20)15-12(18)11-8(2)16-13(14)21-11/h3-7H,1-2H3,(H2,14,16)(H,15,18). The Hall–Kier alpha value is -2.48. The zero-order valence-corrected chi connectivity index (χ0v) is 12.3. The van der Waals surface area contributed by atoms with Gasteiger partial charge in [0.15, 0.2) is 5.13 Å². The van der Waals surface area contributed by atoms with Gasteiger partial charge in [-0.25, -0.2) is 4.98 Å². The summed E-state index contributed by atoms with van der Waals surface area (Å²) in [6, 6.07) is 5.81. The van der Waals surface area contributed by atoms with Gasteiger partial charge in [-0.15, -0.1) is 0 Å². The first-order valence-corrected chi connectivity index (χ1v) is 6.98. The molecule has 1 atom stereocenters. The minimum absolute atomic E-state index is 0.00758. The van der Waals surface area contributed by atoms with Crippen LogP contribution >= 0.6 is 11.3 Å². The van der Waals surface area contributed by atoms with Crippen molar-refractivity contribution < 1.29 is 9.72 Å². The maximum atomic E-state index is 12.2. The lowest BCUT2D eigenvalue weighted by Crippen LogP contribution is -2.26. The van der Waals surface area contributed by atoms with Gasteiger partial charge in [0.05, 0.1) is 16.7 Å². The van der Waals surface area contributed by atoms with Gasteiger partial charge >= 0.3 is 0 Å². The van der Waals surface area contributed by atoms with Crippen LogP contribution in [0.4, 0.5) is 10.8 Å². The van der Waals surface area contributed by atoms with E-state index < -0.39 is 4.92 Å². The largest absolute Gasteiger partial charge is 0.375 e. The molecular weight excluding hydrogens is 292 g/mol. The molecule has 8 heteroatoms. The number of thiazole rings is 1. The van der Waals surface area contributed by atoms with Crippen LogP contribution in [0.15, 0.2) is 24.3 Å². The fourth-order valence-electron chi connectivity index (χ4n) is 1.88. The number of nitro benzene ring substituents is 1. The van der Waals surface area contributed by atoms with Crippen LogP contribution in [0.1, 0.15) is 33.9 Å². The van der Waals surface area contributed by atoms with Crippen molar-refractivity contribution in [2.45, 2.75) is 19.9 Å². The number of non-ortho nitro benzene ring substituents is 1. The van der Waals surface area contributed by atoms with E-state index in [4.69, 9.17) is 5.73 Å². The number of nitrogen functional groups attached to an aromatic ring is 1. The van der Waals surface area contributed by atoms with Crippen molar-refractivity contribution in [2.75, 3.05) is 5.73 Å². The summed E-state index contributed by atoms with van der Waals surface area (Å²) in [7, 11) is 0. The zero-order chi connectivity index (χ0) is 15.6. The second-order valence-corrected chi connectivity index (χ2v) is 5.54. The first kappa shape index (κ1) is 14.9. The van der Waals surface area contributed by atoms with E-state index in [9.17, 15) is 14.9 Å². The number of hydrogen-bond donors (Lipinski definition) is 2. The van der Waals surface area contributed by atoms with E-state index in [0.717, 1.165) is 11.3 Å². The summed E-state index contributed by atoms with van der Waals surface area (Å²) in [6.45, 7) is 3.47. The summed E-state index contributed by atoms with van der Waals surface area (Å²) in [5, 5.41) is 13.9. The molecule has 7 nitrogen and oxygen atoms in total. The van der Waals surface area contributed by atoms with Crippen molar-refractivity contribution in [3.05, 3.63) is 50.5 Å². The third-order valence-corrected chi connectivity index (χ3v) is 3.93. The predicted octanol–water partition coefficient (Wildman–Crippen LogP) is 2.43. The molecule has 0 bridgehead atoms. The number of carbonyl (C=O) groups excluding carboxylic acids is 1. The van der Waals surface area contributed by atoms with Gasteiger partial charge in [0.2, 0.25) is 0 Å². The highest BCUT2D eigenvalue weighted by Gasteiger charge is 2.18. The zero-order valence-electron chi connectivity index (χ0n) is 11.5. The molecule has 0 radical (unpaired) electrons. The fourth-order valence-corrected chi connectivity index (χ4v) is 2.62. The van der Waals surface area contributed by atoms with E-state index in [0.29, 0.717) is 21.3 Å². The lowest BCUT2D eigenvalue weighted by Gasteiger charge is -2.13. The number of nitro groups is 1. The van der Waals surface area contributed by atoms with Crippen LogP contribution in [-0.4, -0.2) is 15.8 Å². The van der Waals surface area contributed by atoms with Crippen LogP contribution in [-0.2, 0) is 0 Å². The molecule has 0 spiro atoms. The van der Waals surface area contributed by atoms with E-state index >= 15 is 0 Å². The minimum Gasteiger partial charge on any atom is -0.375 e. The number of nitrogens with one attached hydrogen (secondary N) is 1. The molecular formula is C13H14N4O3S. The van der Waals surface area contributed by atoms with Gasteiger partial charge in [0, 0.05) is 12.1 Å². The molecule has 0 fully saturated rings. The average Bonchev–Trinajstić information content (AvgIpc) is 2.77. The molecule has 1 aromatic heterocycles. The van der Waals surface area contributed by atoms with Crippen LogP contribution in [0, 0.1) is 17.0 Å². The van der Waals surface area contributed by atoms with Gasteiger partial charge < -0.3 is 11.1 Å². The summed E-state index contributed by atoms with van der Waals surface area (Å²) in [4.78, 5) is 26.9. The lowest BCUT2D eigenvalue weighted by atomic mass is 10.1. The van der Waals surface area contributed by atoms with Crippen molar-refractivity contribution in [3.63, 3.8) is 0 Å². The molecule has 2 rings (SSSR count). The Kier molecular flexibility index (Phi) is 4.18. The van der Waals surface area contributed by atoms with Crippen molar-refractivity contribution in [1.82, 2.24) is 10.3 Å². The molecule has 1 heterocycles.